The fraction of sp³-hybridized carbons (Fsp3) is 0.533. The van der Waals surface area contributed by atoms with Gasteiger partial charge in [0.05, 0.1) is 12.1 Å². The van der Waals surface area contributed by atoms with E-state index in [9.17, 15) is 4.79 Å². The Kier molecular flexibility index (Phi) is 2.52. The second kappa shape index (κ2) is 3.89. The molecule has 2 bridgehead atoms. The van der Waals surface area contributed by atoms with Gasteiger partial charge in [0.15, 0.2) is 0 Å². The van der Waals surface area contributed by atoms with E-state index in [4.69, 9.17) is 10.5 Å². The van der Waals surface area contributed by atoms with Crippen molar-refractivity contribution in [2.45, 2.75) is 51.3 Å². The maximum atomic E-state index is 12.3. The molecule has 4 nitrogen and oxygen atoms in total. The number of benzene rings is 1. The van der Waals surface area contributed by atoms with Gasteiger partial charge in [-0.1, -0.05) is 6.07 Å². The van der Waals surface area contributed by atoms with E-state index in [1.54, 1.807) is 0 Å². The molecular weight excluding hydrogens is 240 g/mol. The van der Waals surface area contributed by atoms with Crippen LogP contribution >= 0.6 is 0 Å². The lowest BCUT2D eigenvalue weighted by molar-refractivity contribution is 0.0177. The minimum Gasteiger partial charge on any atom is -0.444 e. The number of anilines is 1. The minimum atomic E-state index is -0.454. The first-order valence-electron chi connectivity index (χ1n) is 6.77. The van der Waals surface area contributed by atoms with Crippen LogP contribution in [0.4, 0.5) is 10.5 Å². The number of nitrogens with zero attached hydrogens (tertiary/aromatic N) is 1. The zero-order valence-corrected chi connectivity index (χ0v) is 11.6. The third-order valence-electron chi connectivity index (χ3n) is 3.82. The lowest BCUT2D eigenvalue weighted by Gasteiger charge is -2.27. The first-order valence-corrected chi connectivity index (χ1v) is 6.77. The van der Waals surface area contributed by atoms with Crippen molar-refractivity contribution in [1.82, 2.24) is 4.90 Å². The van der Waals surface area contributed by atoms with E-state index in [1.165, 1.54) is 11.1 Å². The number of amides is 1. The summed E-state index contributed by atoms with van der Waals surface area (Å²) < 4.78 is 5.52. The van der Waals surface area contributed by atoms with E-state index in [0.29, 0.717) is 0 Å². The van der Waals surface area contributed by atoms with Gasteiger partial charge in [-0.25, -0.2) is 4.79 Å². The van der Waals surface area contributed by atoms with Gasteiger partial charge in [0.2, 0.25) is 0 Å². The number of rotatable bonds is 0. The topological polar surface area (TPSA) is 55.6 Å². The molecule has 102 valence electrons. The summed E-state index contributed by atoms with van der Waals surface area (Å²) in [5.41, 5.74) is 8.59. The zero-order valence-electron chi connectivity index (χ0n) is 11.6. The monoisotopic (exact) mass is 260 g/mol. The largest absolute Gasteiger partial charge is 0.444 e. The van der Waals surface area contributed by atoms with Crippen LogP contribution in [0.25, 0.3) is 0 Å². The van der Waals surface area contributed by atoms with Crippen LogP contribution in [0.1, 0.15) is 56.8 Å². The van der Waals surface area contributed by atoms with Crippen LogP contribution in [-0.2, 0) is 4.74 Å². The predicted molar refractivity (Wildman–Crippen MR) is 73.6 cm³/mol. The van der Waals surface area contributed by atoms with Crippen molar-refractivity contribution < 1.29 is 9.53 Å². The van der Waals surface area contributed by atoms with Gasteiger partial charge in [-0.3, -0.25) is 4.90 Å². The number of hydrogen-bond acceptors (Lipinski definition) is 3. The van der Waals surface area contributed by atoms with Crippen LogP contribution in [0.3, 0.4) is 0 Å². The van der Waals surface area contributed by atoms with Gasteiger partial charge in [0.25, 0.3) is 0 Å². The van der Waals surface area contributed by atoms with Gasteiger partial charge in [0.1, 0.15) is 5.60 Å². The van der Waals surface area contributed by atoms with Crippen LogP contribution in [0.2, 0.25) is 0 Å². The van der Waals surface area contributed by atoms with E-state index in [0.717, 1.165) is 18.5 Å². The summed E-state index contributed by atoms with van der Waals surface area (Å²) in [6.45, 7) is 5.69. The molecule has 1 saturated heterocycles. The Morgan fingerprint density at radius 2 is 1.89 bits per heavy atom. The highest BCUT2D eigenvalue weighted by atomic mass is 16.6. The molecule has 0 aromatic heterocycles. The van der Waals surface area contributed by atoms with Crippen molar-refractivity contribution in [2.75, 3.05) is 5.73 Å². The van der Waals surface area contributed by atoms with Crippen molar-refractivity contribution in [3.63, 3.8) is 0 Å². The molecule has 1 aromatic carbocycles. The predicted octanol–water partition coefficient (Wildman–Crippen LogP) is 3.40. The van der Waals surface area contributed by atoms with Crippen molar-refractivity contribution >= 4 is 11.8 Å². The fourth-order valence-corrected chi connectivity index (χ4v) is 3.18. The van der Waals surface area contributed by atoms with Crippen LogP contribution < -0.4 is 5.73 Å². The van der Waals surface area contributed by atoms with Crippen molar-refractivity contribution in [3.05, 3.63) is 29.3 Å². The summed E-state index contributed by atoms with van der Waals surface area (Å²) >= 11 is 0. The number of nitrogen functional groups attached to an aromatic ring is 1. The molecule has 2 heterocycles. The molecule has 0 radical (unpaired) electrons. The lowest BCUT2D eigenvalue weighted by Crippen LogP contribution is -2.34. The third-order valence-corrected chi connectivity index (χ3v) is 3.82. The van der Waals surface area contributed by atoms with Gasteiger partial charge in [-0.15, -0.1) is 0 Å². The molecule has 4 heteroatoms. The van der Waals surface area contributed by atoms with Crippen molar-refractivity contribution in [1.29, 1.82) is 0 Å². The van der Waals surface area contributed by atoms with Gasteiger partial charge >= 0.3 is 6.09 Å². The molecule has 1 fully saturated rings. The number of carbonyl (C=O) groups excluding carboxylic acids is 1. The van der Waals surface area contributed by atoms with E-state index in [-0.39, 0.29) is 18.2 Å². The molecule has 0 aliphatic carbocycles. The van der Waals surface area contributed by atoms with E-state index >= 15 is 0 Å². The summed E-state index contributed by atoms with van der Waals surface area (Å²) in [7, 11) is 0. The number of nitrogens with two attached hydrogens (primary N) is 1. The first kappa shape index (κ1) is 12.3. The molecule has 2 aliphatic heterocycles. The lowest BCUT2D eigenvalue weighted by atomic mass is 9.91. The highest BCUT2D eigenvalue weighted by molar-refractivity contribution is 5.72. The second-order valence-corrected chi connectivity index (χ2v) is 6.38. The van der Waals surface area contributed by atoms with Gasteiger partial charge in [-0.2, -0.15) is 0 Å². The number of carbonyl (C=O) groups is 1. The molecule has 0 unspecified atom stereocenters. The van der Waals surface area contributed by atoms with Crippen molar-refractivity contribution in [3.8, 4) is 0 Å². The molecule has 0 saturated carbocycles. The molecule has 2 aliphatic rings. The molecule has 19 heavy (non-hydrogen) atoms. The summed E-state index contributed by atoms with van der Waals surface area (Å²) in [5, 5.41) is 0. The van der Waals surface area contributed by atoms with Crippen LogP contribution in [-0.4, -0.2) is 16.6 Å². The Morgan fingerprint density at radius 1 is 1.26 bits per heavy atom. The summed E-state index contributed by atoms with van der Waals surface area (Å²) in [5.74, 6) is 0. The fourth-order valence-electron chi connectivity index (χ4n) is 3.18. The Labute approximate surface area is 113 Å². The maximum Gasteiger partial charge on any atom is 0.411 e. The molecule has 1 amide bonds. The minimum absolute atomic E-state index is 0.137. The normalized spacial score (nSPS) is 24.5. The van der Waals surface area contributed by atoms with E-state index < -0.39 is 5.60 Å². The van der Waals surface area contributed by atoms with Crippen LogP contribution in [0.5, 0.6) is 0 Å². The van der Waals surface area contributed by atoms with E-state index in [1.807, 2.05) is 43.9 Å². The molecule has 0 spiro atoms. The number of fused-ring (bicyclic) bond motifs is 5. The standard InChI is InChI=1S/C15H20N2O2/c1-15(2,3)19-14(18)17-12-6-7-13(17)11-8-9(16)4-5-10(11)12/h4-5,8,12-13H,6-7,16H2,1-3H3/t12-,13-/m1/s1. The van der Waals surface area contributed by atoms with Gasteiger partial charge in [-0.05, 0) is 56.9 Å². The van der Waals surface area contributed by atoms with Crippen molar-refractivity contribution in [2.24, 2.45) is 0 Å². The molecule has 2 atom stereocenters. The zero-order chi connectivity index (χ0) is 13.8. The molecule has 1 aromatic rings. The quantitative estimate of drug-likeness (QED) is 0.727. The number of ether oxygens (including phenoxy) is 1. The Bertz CT molecular complexity index is 533. The van der Waals surface area contributed by atoms with Crippen LogP contribution in [0, 0.1) is 0 Å². The molecular formula is C15H20N2O2. The number of hydrogen-bond donors (Lipinski definition) is 1. The Morgan fingerprint density at radius 3 is 2.53 bits per heavy atom. The smallest absolute Gasteiger partial charge is 0.411 e. The Hall–Kier alpha value is -1.71. The third kappa shape index (κ3) is 1.95. The average molecular weight is 260 g/mol. The SMILES string of the molecule is CC(C)(C)OC(=O)N1[C@@H]2CC[C@@H]1c1cc(N)ccc12. The average Bonchev–Trinajstić information content (AvgIpc) is 2.82. The maximum absolute atomic E-state index is 12.3. The molecule has 3 rings (SSSR count). The van der Waals surface area contributed by atoms with Gasteiger partial charge < -0.3 is 10.5 Å². The molecule has 2 N–H and O–H groups in total. The van der Waals surface area contributed by atoms with Gasteiger partial charge in [0, 0.05) is 5.69 Å². The van der Waals surface area contributed by atoms with E-state index in [2.05, 4.69) is 0 Å². The highest BCUT2D eigenvalue weighted by Crippen LogP contribution is 2.53. The Balaban J connectivity index is 1.90. The highest BCUT2D eigenvalue weighted by Gasteiger charge is 2.47. The summed E-state index contributed by atoms with van der Waals surface area (Å²) in [6.07, 6.45) is 1.80. The van der Waals surface area contributed by atoms with Crippen LogP contribution in [0.15, 0.2) is 18.2 Å². The second-order valence-electron chi connectivity index (χ2n) is 6.38. The summed E-state index contributed by atoms with van der Waals surface area (Å²) in [6, 6.07) is 6.25. The first-order chi connectivity index (χ1) is 8.87. The summed E-state index contributed by atoms with van der Waals surface area (Å²) in [4.78, 5) is 14.2.